The molecule has 1 heterocycles. The van der Waals surface area contributed by atoms with Gasteiger partial charge in [0.15, 0.2) is 5.96 Å². The first-order chi connectivity index (χ1) is 13.6. The number of guanidine groups is 1. The molecule has 0 aliphatic heterocycles. The SMILES string of the molecule is CCNC(=NCc1cccc(Cn2cncn2)c1)NCC(CCO)CC(C)C. The zero-order chi connectivity index (χ0) is 20.2. The van der Waals surface area contributed by atoms with Gasteiger partial charge in [0, 0.05) is 19.7 Å². The maximum absolute atomic E-state index is 9.30. The monoisotopic (exact) mass is 386 g/mol. The number of rotatable bonds is 11. The number of aliphatic hydroxyl groups excluding tert-OH is 1. The number of hydrogen-bond donors (Lipinski definition) is 3. The predicted octanol–water partition coefficient (Wildman–Crippen LogP) is 2.43. The van der Waals surface area contributed by atoms with Crippen LogP contribution >= 0.6 is 0 Å². The number of aromatic nitrogens is 3. The van der Waals surface area contributed by atoms with Gasteiger partial charge in [0.05, 0.1) is 13.1 Å². The van der Waals surface area contributed by atoms with Gasteiger partial charge >= 0.3 is 0 Å². The third-order valence-corrected chi connectivity index (χ3v) is 4.47. The Labute approximate surface area is 168 Å². The molecule has 7 nitrogen and oxygen atoms in total. The van der Waals surface area contributed by atoms with Crippen LogP contribution in [-0.2, 0) is 13.1 Å². The van der Waals surface area contributed by atoms with Gasteiger partial charge in [0.25, 0.3) is 0 Å². The fourth-order valence-electron chi connectivity index (χ4n) is 3.23. The molecule has 2 rings (SSSR count). The lowest BCUT2D eigenvalue weighted by Crippen LogP contribution is -2.40. The molecular formula is C21H34N6O. The summed E-state index contributed by atoms with van der Waals surface area (Å²) in [6.45, 7) is 9.67. The van der Waals surface area contributed by atoms with Crippen LogP contribution in [0, 0.1) is 11.8 Å². The summed E-state index contributed by atoms with van der Waals surface area (Å²) in [5, 5.41) is 20.2. The zero-order valence-electron chi connectivity index (χ0n) is 17.3. The van der Waals surface area contributed by atoms with E-state index in [0.717, 1.165) is 37.5 Å². The maximum atomic E-state index is 9.30. The predicted molar refractivity (Wildman–Crippen MR) is 113 cm³/mol. The van der Waals surface area contributed by atoms with E-state index in [1.165, 1.54) is 5.56 Å². The molecule has 0 aliphatic carbocycles. The second kappa shape index (κ2) is 12.1. The number of hydrogen-bond acceptors (Lipinski definition) is 4. The van der Waals surface area contributed by atoms with Gasteiger partial charge in [-0.1, -0.05) is 38.1 Å². The quantitative estimate of drug-likeness (QED) is 0.408. The minimum atomic E-state index is 0.227. The van der Waals surface area contributed by atoms with Crippen molar-refractivity contribution in [2.75, 3.05) is 19.7 Å². The van der Waals surface area contributed by atoms with Crippen molar-refractivity contribution < 1.29 is 5.11 Å². The van der Waals surface area contributed by atoms with E-state index in [-0.39, 0.29) is 6.61 Å². The average Bonchev–Trinajstić information content (AvgIpc) is 3.17. The number of benzene rings is 1. The molecule has 0 bridgehead atoms. The normalized spacial score (nSPS) is 13.0. The van der Waals surface area contributed by atoms with Crippen LogP contribution in [0.5, 0.6) is 0 Å². The van der Waals surface area contributed by atoms with Crippen LogP contribution in [0.4, 0.5) is 0 Å². The minimum absolute atomic E-state index is 0.227. The molecule has 1 aromatic carbocycles. The highest BCUT2D eigenvalue weighted by Gasteiger charge is 2.11. The number of aliphatic hydroxyl groups is 1. The smallest absolute Gasteiger partial charge is 0.191 e. The van der Waals surface area contributed by atoms with Gasteiger partial charge in [-0.15, -0.1) is 0 Å². The first-order valence-electron chi connectivity index (χ1n) is 10.1. The van der Waals surface area contributed by atoms with Crippen molar-refractivity contribution in [1.29, 1.82) is 0 Å². The molecule has 154 valence electrons. The summed E-state index contributed by atoms with van der Waals surface area (Å²) in [6.07, 6.45) is 5.18. The standard InChI is InChI=1S/C21H34N6O/c1-4-23-21(25-13-19(8-9-28)10-17(2)3)24-12-18-6-5-7-20(11-18)14-27-16-22-15-26-27/h5-7,11,15-17,19,28H,4,8-10,12-14H2,1-3H3,(H2,23,24,25). The molecular weight excluding hydrogens is 352 g/mol. The molecule has 7 heteroatoms. The molecule has 0 saturated carbocycles. The lowest BCUT2D eigenvalue weighted by molar-refractivity contribution is 0.243. The largest absolute Gasteiger partial charge is 0.396 e. The molecule has 1 atom stereocenters. The Morgan fingerprint density at radius 3 is 2.75 bits per heavy atom. The first-order valence-corrected chi connectivity index (χ1v) is 10.1. The highest BCUT2D eigenvalue weighted by Crippen LogP contribution is 2.14. The Balaban J connectivity index is 1.95. The second-order valence-electron chi connectivity index (χ2n) is 7.50. The molecule has 0 saturated heterocycles. The molecule has 0 fully saturated rings. The average molecular weight is 387 g/mol. The fourth-order valence-corrected chi connectivity index (χ4v) is 3.23. The van der Waals surface area contributed by atoms with E-state index in [1.54, 1.807) is 12.7 Å². The first kappa shape index (κ1) is 21.9. The fraction of sp³-hybridized carbons (Fsp3) is 0.571. The maximum Gasteiger partial charge on any atom is 0.191 e. The summed E-state index contributed by atoms with van der Waals surface area (Å²) in [5.74, 6) is 1.88. The molecule has 2 aromatic rings. The zero-order valence-corrected chi connectivity index (χ0v) is 17.3. The third-order valence-electron chi connectivity index (χ3n) is 4.47. The van der Waals surface area contributed by atoms with Gasteiger partial charge < -0.3 is 15.7 Å². The van der Waals surface area contributed by atoms with Crippen LogP contribution in [0.15, 0.2) is 41.9 Å². The van der Waals surface area contributed by atoms with Gasteiger partial charge in [-0.3, -0.25) is 0 Å². The highest BCUT2D eigenvalue weighted by molar-refractivity contribution is 5.79. The van der Waals surface area contributed by atoms with Crippen molar-refractivity contribution in [2.45, 2.75) is 46.7 Å². The molecule has 1 unspecified atom stereocenters. The molecule has 3 N–H and O–H groups in total. The Morgan fingerprint density at radius 2 is 2.07 bits per heavy atom. The van der Waals surface area contributed by atoms with E-state index >= 15 is 0 Å². The summed E-state index contributed by atoms with van der Waals surface area (Å²) in [7, 11) is 0. The van der Waals surface area contributed by atoms with Gasteiger partial charge in [-0.25, -0.2) is 14.7 Å². The topological polar surface area (TPSA) is 87.4 Å². The van der Waals surface area contributed by atoms with Crippen LogP contribution in [-0.4, -0.2) is 45.5 Å². The second-order valence-corrected chi connectivity index (χ2v) is 7.50. The highest BCUT2D eigenvalue weighted by atomic mass is 16.3. The van der Waals surface area contributed by atoms with Crippen LogP contribution in [0.1, 0.15) is 44.7 Å². The molecule has 0 amide bonds. The summed E-state index contributed by atoms with van der Waals surface area (Å²) < 4.78 is 1.81. The lowest BCUT2D eigenvalue weighted by atomic mass is 9.94. The van der Waals surface area contributed by atoms with Crippen LogP contribution < -0.4 is 10.6 Å². The molecule has 28 heavy (non-hydrogen) atoms. The van der Waals surface area contributed by atoms with E-state index in [0.29, 0.717) is 24.9 Å². The van der Waals surface area contributed by atoms with Crippen LogP contribution in [0.25, 0.3) is 0 Å². The molecule has 1 aromatic heterocycles. The molecule has 0 spiro atoms. The van der Waals surface area contributed by atoms with Crippen molar-refractivity contribution in [3.63, 3.8) is 0 Å². The van der Waals surface area contributed by atoms with E-state index in [2.05, 4.69) is 65.8 Å². The summed E-state index contributed by atoms with van der Waals surface area (Å²) in [5.41, 5.74) is 2.33. The van der Waals surface area contributed by atoms with Gasteiger partial charge in [0.2, 0.25) is 0 Å². The Hall–Kier alpha value is -2.41. The van der Waals surface area contributed by atoms with E-state index in [9.17, 15) is 5.11 Å². The lowest BCUT2D eigenvalue weighted by Gasteiger charge is -2.20. The van der Waals surface area contributed by atoms with E-state index in [4.69, 9.17) is 4.99 Å². The summed E-state index contributed by atoms with van der Waals surface area (Å²) in [4.78, 5) is 8.71. The number of nitrogens with one attached hydrogen (secondary N) is 2. The van der Waals surface area contributed by atoms with Crippen molar-refractivity contribution in [3.8, 4) is 0 Å². The van der Waals surface area contributed by atoms with Crippen LogP contribution in [0.2, 0.25) is 0 Å². The van der Waals surface area contributed by atoms with Crippen molar-refractivity contribution in [1.82, 2.24) is 25.4 Å². The number of aliphatic imine (C=N–C) groups is 1. The molecule has 0 radical (unpaired) electrons. The Morgan fingerprint density at radius 1 is 1.25 bits per heavy atom. The van der Waals surface area contributed by atoms with Gasteiger partial charge in [0.1, 0.15) is 12.7 Å². The van der Waals surface area contributed by atoms with Crippen molar-refractivity contribution >= 4 is 5.96 Å². The Bertz CT molecular complexity index is 699. The van der Waals surface area contributed by atoms with E-state index < -0.39 is 0 Å². The van der Waals surface area contributed by atoms with Crippen molar-refractivity contribution in [3.05, 3.63) is 48.0 Å². The van der Waals surface area contributed by atoms with Crippen molar-refractivity contribution in [2.24, 2.45) is 16.8 Å². The van der Waals surface area contributed by atoms with Crippen LogP contribution in [0.3, 0.4) is 0 Å². The third kappa shape index (κ3) is 8.08. The summed E-state index contributed by atoms with van der Waals surface area (Å²) in [6, 6.07) is 8.38. The van der Waals surface area contributed by atoms with E-state index in [1.807, 2.05) is 4.68 Å². The minimum Gasteiger partial charge on any atom is -0.396 e. The van der Waals surface area contributed by atoms with Gasteiger partial charge in [-0.2, -0.15) is 5.10 Å². The number of nitrogens with zero attached hydrogens (tertiary/aromatic N) is 4. The summed E-state index contributed by atoms with van der Waals surface area (Å²) >= 11 is 0. The molecule has 0 aliphatic rings. The Kier molecular flexibility index (Phi) is 9.48. The van der Waals surface area contributed by atoms with Gasteiger partial charge in [-0.05, 0) is 42.7 Å².